The minimum absolute atomic E-state index is 0.269. The Morgan fingerprint density at radius 1 is 1.37 bits per heavy atom. The van der Waals surface area contributed by atoms with Crippen LogP contribution >= 0.6 is 0 Å². The summed E-state index contributed by atoms with van der Waals surface area (Å²) in [4.78, 5) is 23.6. The number of aryl methyl sites for hydroxylation is 1. The fourth-order valence-corrected chi connectivity index (χ4v) is 2.36. The lowest BCUT2D eigenvalue weighted by Gasteiger charge is -2.28. The molecule has 4 N–H and O–H groups in total. The molecule has 0 bridgehead atoms. The summed E-state index contributed by atoms with van der Waals surface area (Å²) in [6.45, 7) is 2.18. The lowest BCUT2D eigenvalue weighted by atomic mass is 9.85. The number of benzene rings is 1. The smallest absolute Gasteiger partial charge is 0.322 e. The van der Waals surface area contributed by atoms with E-state index in [2.05, 4.69) is 10.6 Å². The molecule has 6 nitrogen and oxygen atoms in total. The van der Waals surface area contributed by atoms with Crippen molar-refractivity contribution in [3.63, 3.8) is 0 Å². The van der Waals surface area contributed by atoms with Crippen molar-refractivity contribution in [2.75, 3.05) is 13.7 Å². The second-order valence-electron chi connectivity index (χ2n) is 4.56. The number of nitrogens with one attached hydrogen (secondary N) is 2. The van der Waals surface area contributed by atoms with Crippen molar-refractivity contribution in [2.45, 2.75) is 18.9 Å². The first-order valence-electron chi connectivity index (χ1n) is 6.02. The Labute approximate surface area is 111 Å². The van der Waals surface area contributed by atoms with Crippen LogP contribution in [0.15, 0.2) is 18.2 Å². The van der Waals surface area contributed by atoms with Gasteiger partial charge in [0.1, 0.15) is 5.75 Å². The Morgan fingerprint density at radius 3 is 2.63 bits per heavy atom. The molecule has 0 radical (unpaired) electrons. The van der Waals surface area contributed by atoms with Crippen LogP contribution in [0.25, 0.3) is 0 Å². The maximum absolute atomic E-state index is 12.2. The zero-order chi connectivity index (χ0) is 14.0. The molecule has 19 heavy (non-hydrogen) atoms. The van der Waals surface area contributed by atoms with E-state index in [1.807, 2.05) is 19.1 Å². The van der Waals surface area contributed by atoms with Gasteiger partial charge in [0.25, 0.3) is 5.91 Å². The molecule has 1 aliphatic rings. The summed E-state index contributed by atoms with van der Waals surface area (Å²) in [5.41, 5.74) is 6.05. The Hall–Kier alpha value is -2.08. The number of amides is 3. The van der Waals surface area contributed by atoms with Gasteiger partial charge in [0.05, 0.1) is 7.11 Å². The summed E-state index contributed by atoms with van der Waals surface area (Å²) in [6.07, 6.45) is 0.310. The van der Waals surface area contributed by atoms with Gasteiger partial charge in [-0.1, -0.05) is 11.6 Å². The van der Waals surface area contributed by atoms with Gasteiger partial charge in [0, 0.05) is 5.56 Å². The van der Waals surface area contributed by atoms with Crippen LogP contribution in [0.4, 0.5) is 4.79 Å². The molecule has 1 unspecified atom stereocenters. The zero-order valence-corrected chi connectivity index (χ0v) is 10.9. The van der Waals surface area contributed by atoms with E-state index >= 15 is 0 Å². The largest absolute Gasteiger partial charge is 0.496 e. The van der Waals surface area contributed by atoms with Crippen LogP contribution in [0.1, 0.15) is 17.5 Å². The first-order chi connectivity index (χ1) is 9.03. The third-order valence-corrected chi connectivity index (χ3v) is 3.28. The standard InChI is InChI=1S/C13H17N3O3/c1-8-3-4-10(19-2)9(7-8)13(5-6-14)11(17)15-12(18)16-13/h3-4,7H,5-6,14H2,1-2H3,(H2,15,16,17,18). The van der Waals surface area contributed by atoms with Crippen LogP contribution in [0.2, 0.25) is 0 Å². The zero-order valence-electron chi connectivity index (χ0n) is 10.9. The summed E-state index contributed by atoms with van der Waals surface area (Å²) in [5, 5.41) is 4.94. The normalized spacial score (nSPS) is 22.1. The third kappa shape index (κ3) is 2.15. The molecule has 3 amide bonds. The fraction of sp³-hybridized carbons (Fsp3) is 0.385. The van der Waals surface area contributed by atoms with Crippen molar-refractivity contribution < 1.29 is 14.3 Å². The molecule has 6 heteroatoms. The summed E-state index contributed by atoms with van der Waals surface area (Å²) >= 11 is 0. The van der Waals surface area contributed by atoms with Crippen molar-refractivity contribution in [2.24, 2.45) is 5.73 Å². The van der Waals surface area contributed by atoms with E-state index < -0.39 is 17.5 Å². The van der Waals surface area contributed by atoms with Gasteiger partial charge in [0.15, 0.2) is 5.54 Å². The van der Waals surface area contributed by atoms with E-state index in [1.165, 1.54) is 7.11 Å². The number of rotatable bonds is 4. The summed E-state index contributed by atoms with van der Waals surface area (Å²) in [5.74, 6) is 0.156. The topological polar surface area (TPSA) is 93.4 Å². The highest BCUT2D eigenvalue weighted by Crippen LogP contribution is 2.35. The Kier molecular flexibility index (Phi) is 3.44. The molecule has 0 aromatic heterocycles. The molecule has 1 heterocycles. The molecule has 1 saturated heterocycles. The van der Waals surface area contributed by atoms with Gasteiger partial charge in [-0.3, -0.25) is 10.1 Å². The van der Waals surface area contributed by atoms with Gasteiger partial charge in [-0.2, -0.15) is 0 Å². The van der Waals surface area contributed by atoms with Crippen LogP contribution < -0.4 is 21.1 Å². The molecule has 1 fully saturated rings. The molecular weight excluding hydrogens is 246 g/mol. The summed E-state index contributed by atoms with van der Waals surface area (Å²) in [7, 11) is 1.53. The predicted molar refractivity (Wildman–Crippen MR) is 69.8 cm³/mol. The van der Waals surface area contributed by atoms with Gasteiger partial charge >= 0.3 is 6.03 Å². The van der Waals surface area contributed by atoms with E-state index in [-0.39, 0.29) is 6.54 Å². The average Bonchev–Trinajstić information content (AvgIpc) is 2.65. The van der Waals surface area contributed by atoms with Crippen LogP contribution in [0, 0.1) is 6.92 Å². The monoisotopic (exact) mass is 263 g/mol. The number of methoxy groups -OCH3 is 1. The van der Waals surface area contributed by atoms with E-state index in [0.29, 0.717) is 17.7 Å². The van der Waals surface area contributed by atoms with E-state index in [9.17, 15) is 9.59 Å². The Balaban J connectivity index is 2.59. The third-order valence-electron chi connectivity index (χ3n) is 3.28. The molecule has 0 aliphatic carbocycles. The van der Waals surface area contributed by atoms with E-state index in [1.54, 1.807) is 6.07 Å². The molecule has 102 valence electrons. The van der Waals surface area contributed by atoms with Gasteiger partial charge in [0.2, 0.25) is 0 Å². The first-order valence-corrected chi connectivity index (χ1v) is 6.02. The van der Waals surface area contributed by atoms with Crippen LogP contribution in [0.3, 0.4) is 0 Å². The van der Waals surface area contributed by atoms with Crippen LogP contribution in [-0.4, -0.2) is 25.6 Å². The molecule has 2 rings (SSSR count). The lowest BCUT2D eigenvalue weighted by molar-refractivity contribution is -0.124. The fourth-order valence-electron chi connectivity index (χ4n) is 2.36. The van der Waals surface area contributed by atoms with Crippen molar-refractivity contribution in [3.05, 3.63) is 29.3 Å². The molecule has 0 spiro atoms. The number of carbonyl (C=O) groups excluding carboxylic acids is 2. The second-order valence-corrected chi connectivity index (χ2v) is 4.56. The van der Waals surface area contributed by atoms with E-state index in [4.69, 9.17) is 10.5 Å². The number of ether oxygens (including phenoxy) is 1. The van der Waals surface area contributed by atoms with Crippen molar-refractivity contribution in [1.82, 2.24) is 10.6 Å². The Morgan fingerprint density at radius 2 is 2.11 bits per heavy atom. The van der Waals surface area contributed by atoms with Gasteiger partial charge in [-0.05, 0) is 32.0 Å². The second kappa shape index (κ2) is 4.89. The molecule has 1 aliphatic heterocycles. The maximum atomic E-state index is 12.2. The van der Waals surface area contributed by atoms with Gasteiger partial charge in [-0.15, -0.1) is 0 Å². The highest BCUT2D eigenvalue weighted by molar-refractivity contribution is 6.07. The van der Waals surface area contributed by atoms with Crippen molar-refractivity contribution in [3.8, 4) is 5.75 Å². The average molecular weight is 263 g/mol. The number of imide groups is 1. The molecule has 1 aromatic rings. The number of hydrogen-bond donors (Lipinski definition) is 3. The van der Waals surface area contributed by atoms with Crippen molar-refractivity contribution in [1.29, 1.82) is 0 Å². The number of urea groups is 1. The number of nitrogens with two attached hydrogens (primary N) is 1. The van der Waals surface area contributed by atoms with E-state index in [0.717, 1.165) is 5.56 Å². The molecular formula is C13H17N3O3. The lowest BCUT2D eigenvalue weighted by Crippen LogP contribution is -2.45. The minimum atomic E-state index is -1.15. The van der Waals surface area contributed by atoms with Crippen molar-refractivity contribution >= 4 is 11.9 Å². The number of hydrogen-bond acceptors (Lipinski definition) is 4. The Bertz CT molecular complexity index is 530. The minimum Gasteiger partial charge on any atom is -0.496 e. The molecule has 0 saturated carbocycles. The highest BCUT2D eigenvalue weighted by atomic mass is 16.5. The first kappa shape index (κ1) is 13.4. The predicted octanol–water partition coefficient (Wildman–Crippen LogP) is 0.387. The summed E-state index contributed by atoms with van der Waals surface area (Å²) < 4.78 is 5.30. The molecule has 1 atom stereocenters. The van der Waals surface area contributed by atoms with Crippen LogP contribution in [-0.2, 0) is 10.3 Å². The van der Waals surface area contributed by atoms with Gasteiger partial charge < -0.3 is 15.8 Å². The highest BCUT2D eigenvalue weighted by Gasteiger charge is 2.48. The quantitative estimate of drug-likeness (QED) is 0.685. The maximum Gasteiger partial charge on any atom is 0.322 e. The van der Waals surface area contributed by atoms with Gasteiger partial charge in [-0.25, -0.2) is 4.79 Å². The summed E-state index contributed by atoms with van der Waals surface area (Å²) in [6, 6.07) is 4.98. The van der Waals surface area contributed by atoms with Crippen LogP contribution in [0.5, 0.6) is 5.75 Å². The SMILES string of the molecule is COc1ccc(C)cc1C1(CCN)NC(=O)NC1=O. The number of carbonyl (C=O) groups is 2. The molecule has 1 aromatic carbocycles.